The number of carbonyl (C=O) groups is 2. The van der Waals surface area contributed by atoms with Crippen LogP contribution >= 0.6 is 11.8 Å². The molecule has 2 aromatic rings. The zero-order chi connectivity index (χ0) is 24.1. The first-order valence-corrected chi connectivity index (χ1v) is 12.9. The Morgan fingerprint density at radius 3 is 2.59 bits per heavy atom. The van der Waals surface area contributed by atoms with Gasteiger partial charge in [0.2, 0.25) is 5.91 Å². The third-order valence-corrected chi connectivity index (χ3v) is 7.34. The molecule has 9 nitrogen and oxygen atoms in total. The summed E-state index contributed by atoms with van der Waals surface area (Å²) in [4.78, 5) is 29.9. The van der Waals surface area contributed by atoms with Crippen molar-refractivity contribution in [2.45, 2.75) is 44.1 Å². The number of thioether (sulfide) groups is 1. The quantitative estimate of drug-likeness (QED) is 0.601. The molecule has 4 rings (SSSR count). The summed E-state index contributed by atoms with van der Waals surface area (Å²) in [6.45, 7) is 8.86. The molecule has 2 amide bonds. The molecule has 1 aromatic heterocycles. The number of hydrogen-bond donors (Lipinski definition) is 1. The lowest BCUT2D eigenvalue weighted by molar-refractivity contribution is -0.113. The number of benzene rings is 1. The van der Waals surface area contributed by atoms with Crippen LogP contribution < -0.4 is 5.32 Å². The van der Waals surface area contributed by atoms with Crippen molar-refractivity contribution < 1.29 is 14.3 Å². The van der Waals surface area contributed by atoms with Gasteiger partial charge in [-0.2, -0.15) is 0 Å². The standard InChI is InChI=1S/C24H34N6O3S/c1-17-12-29(13-18(2)33-17)14-19-7-9-30(10-8-19)23(32)20-5-4-6-21(11-20)26-22(31)15-34-24-27-25-16-28(24)3/h4-6,11,16-19H,7-10,12-15H2,1-3H3,(H,26,31). The van der Waals surface area contributed by atoms with Crippen LogP contribution in [-0.4, -0.2) is 87.1 Å². The summed E-state index contributed by atoms with van der Waals surface area (Å²) in [5.74, 6) is 0.708. The molecule has 2 atom stereocenters. The van der Waals surface area contributed by atoms with Crippen molar-refractivity contribution in [3.05, 3.63) is 36.2 Å². The summed E-state index contributed by atoms with van der Waals surface area (Å²) in [5, 5.41) is 11.3. The predicted molar refractivity (Wildman–Crippen MR) is 132 cm³/mol. The highest BCUT2D eigenvalue weighted by molar-refractivity contribution is 7.99. The van der Waals surface area contributed by atoms with Crippen molar-refractivity contribution in [1.29, 1.82) is 0 Å². The Hall–Kier alpha value is -2.43. The smallest absolute Gasteiger partial charge is 0.253 e. The maximum absolute atomic E-state index is 13.1. The van der Waals surface area contributed by atoms with E-state index < -0.39 is 0 Å². The second-order valence-corrected chi connectivity index (χ2v) is 10.3. The van der Waals surface area contributed by atoms with Gasteiger partial charge < -0.3 is 19.5 Å². The van der Waals surface area contributed by atoms with E-state index in [1.807, 2.05) is 24.1 Å². The summed E-state index contributed by atoms with van der Waals surface area (Å²) in [5.41, 5.74) is 1.23. The molecule has 0 bridgehead atoms. The van der Waals surface area contributed by atoms with E-state index in [-0.39, 0.29) is 29.8 Å². The molecule has 2 fully saturated rings. The Balaban J connectivity index is 1.25. The van der Waals surface area contributed by atoms with Gasteiger partial charge in [0.25, 0.3) is 5.91 Å². The maximum Gasteiger partial charge on any atom is 0.253 e. The van der Waals surface area contributed by atoms with Crippen molar-refractivity contribution in [2.24, 2.45) is 13.0 Å². The van der Waals surface area contributed by atoms with E-state index >= 15 is 0 Å². The Kier molecular flexibility index (Phi) is 8.23. The second-order valence-electron chi connectivity index (χ2n) is 9.35. The topological polar surface area (TPSA) is 92.6 Å². The highest BCUT2D eigenvalue weighted by Gasteiger charge is 2.28. The monoisotopic (exact) mass is 486 g/mol. The van der Waals surface area contributed by atoms with Crippen LogP contribution in [0.4, 0.5) is 5.69 Å². The van der Waals surface area contributed by atoms with Crippen LogP contribution in [-0.2, 0) is 16.6 Å². The number of rotatable bonds is 7. The predicted octanol–water partition coefficient (Wildman–Crippen LogP) is 2.51. The number of morpholine rings is 1. The van der Waals surface area contributed by atoms with E-state index in [1.165, 1.54) is 11.8 Å². The molecule has 0 radical (unpaired) electrons. The number of anilines is 1. The van der Waals surface area contributed by atoms with Gasteiger partial charge >= 0.3 is 0 Å². The van der Waals surface area contributed by atoms with E-state index in [1.54, 1.807) is 23.0 Å². The summed E-state index contributed by atoms with van der Waals surface area (Å²) in [6, 6.07) is 7.19. The van der Waals surface area contributed by atoms with E-state index in [2.05, 4.69) is 34.3 Å². The third-order valence-electron chi connectivity index (χ3n) is 6.31. The van der Waals surface area contributed by atoms with Gasteiger partial charge in [0.15, 0.2) is 5.16 Å². The fraction of sp³-hybridized carbons (Fsp3) is 0.583. The minimum Gasteiger partial charge on any atom is -0.373 e. The molecule has 2 aliphatic heterocycles. The molecule has 34 heavy (non-hydrogen) atoms. The number of amides is 2. The van der Waals surface area contributed by atoms with Gasteiger partial charge in [-0.25, -0.2) is 0 Å². The minimum atomic E-state index is -0.148. The lowest BCUT2D eigenvalue weighted by Gasteiger charge is -2.39. The van der Waals surface area contributed by atoms with E-state index in [9.17, 15) is 9.59 Å². The van der Waals surface area contributed by atoms with Gasteiger partial charge in [-0.1, -0.05) is 17.8 Å². The minimum absolute atomic E-state index is 0.0247. The largest absolute Gasteiger partial charge is 0.373 e. The van der Waals surface area contributed by atoms with E-state index in [0.29, 0.717) is 22.3 Å². The van der Waals surface area contributed by atoms with Crippen LogP contribution in [0.5, 0.6) is 0 Å². The van der Waals surface area contributed by atoms with E-state index in [0.717, 1.165) is 45.6 Å². The number of likely N-dealkylation sites (tertiary alicyclic amines) is 1. The van der Waals surface area contributed by atoms with Gasteiger partial charge in [0.05, 0.1) is 18.0 Å². The van der Waals surface area contributed by atoms with Gasteiger partial charge in [0, 0.05) is 51.0 Å². The number of piperidine rings is 1. The molecule has 0 spiro atoms. The van der Waals surface area contributed by atoms with Crippen LogP contribution in [0.25, 0.3) is 0 Å². The zero-order valence-electron chi connectivity index (χ0n) is 20.1. The molecular formula is C24H34N6O3S. The first kappa shape index (κ1) is 24.7. The fourth-order valence-electron chi connectivity index (χ4n) is 4.76. The van der Waals surface area contributed by atoms with Crippen molar-refractivity contribution in [2.75, 3.05) is 43.8 Å². The number of ether oxygens (including phenoxy) is 1. The second kappa shape index (κ2) is 11.3. The van der Waals surface area contributed by atoms with Crippen molar-refractivity contribution >= 4 is 29.3 Å². The molecule has 2 unspecified atom stereocenters. The van der Waals surface area contributed by atoms with Crippen LogP contribution in [0.1, 0.15) is 37.0 Å². The molecule has 10 heteroatoms. The van der Waals surface area contributed by atoms with Gasteiger partial charge in [-0.3, -0.25) is 14.5 Å². The van der Waals surface area contributed by atoms with Gasteiger partial charge in [-0.05, 0) is 50.8 Å². The van der Waals surface area contributed by atoms with Crippen LogP contribution in [0.2, 0.25) is 0 Å². The molecule has 3 heterocycles. The summed E-state index contributed by atoms with van der Waals surface area (Å²) in [7, 11) is 1.84. The molecule has 184 valence electrons. The Labute approximate surface area is 205 Å². The van der Waals surface area contributed by atoms with Crippen LogP contribution in [0.3, 0.4) is 0 Å². The Bertz CT molecular complexity index is 981. The average Bonchev–Trinajstić information content (AvgIpc) is 3.22. The number of nitrogens with one attached hydrogen (secondary N) is 1. The Morgan fingerprint density at radius 1 is 1.18 bits per heavy atom. The average molecular weight is 487 g/mol. The number of carbonyl (C=O) groups excluding carboxylic acids is 2. The molecule has 2 aliphatic rings. The van der Waals surface area contributed by atoms with E-state index in [4.69, 9.17) is 4.74 Å². The number of nitrogens with zero attached hydrogens (tertiary/aromatic N) is 5. The first-order chi connectivity index (χ1) is 16.4. The first-order valence-electron chi connectivity index (χ1n) is 11.9. The van der Waals surface area contributed by atoms with Crippen molar-refractivity contribution in [3.63, 3.8) is 0 Å². The lowest BCUT2D eigenvalue weighted by atomic mass is 9.95. The molecule has 1 N–H and O–H groups in total. The number of aromatic nitrogens is 3. The van der Waals surface area contributed by atoms with Crippen molar-refractivity contribution in [3.8, 4) is 0 Å². The highest BCUT2D eigenvalue weighted by Crippen LogP contribution is 2.23. The lowest BCUT2D eigenvalue weighted by Crippen LogP contribution is -2.48. The maximum atomic E-state index is 13.1. The van der Waals surface area contributed by atoms with Crippen LogP contribution in [0, 0.1) is 5.92 Å². The molecule has 1 aromatic carbocycles. The third kappa shape index (κ3) is 6.58. The SMILES string of the molecule is CC1CN(CC2CCN(C(=O)c3cccc(NC(=O)CSc4nncn4C)c3)CC2)CC(C)O1. The zero-order valence-corrected chi connectivity index (χ0v) is 21.0. The molecule has 2 saturated heterocycles. The van der Waals surface area contributed by atoms with Gasteiger partial charge in [-0.15, -0.1) is 10.2 Å². The van der Waals surface area contributed by atoms with Gasteiger partial charge in [0.1, 0.15) is 6.33 Å². The molecular weight excluding hydrogens is 452 g/mol. The highest BCUT2D eigenvalue weighted by atomic mass is 32.2. The van der Waals surface area contributed by atoms with Crippen molar-refractivity contribution in [1.82, 2.24) is 24.6 Å². The molecule has 0 saturated carbocycles. The normalized spacial score (nSPS) is 22.0. The van der Waals surface area contributed by atoms with Crippen LogP contribution in [0.15, 0.2) is 35.7 Å². The summed E-state index contributed by atoms with van der Waals surface area (Å²) in [6.07, 6.45) is 4.19. The number of aryl methyl sites for hydroxylation is 1. The summed E-state index contributed by atoms with van der Waals surface area (Å²) < 4.78 is 7.61. The molecule has 0 aliphatic carbocycles. The number of hydrogen-bond acceptors (Lipinski definition) is 7. The Morgan fingerprint density at radius 2 is 1.91 bits per heavy atom. The summed E-state index contributed by atoms with van der Waals surface area (Å²) >= 11 is 1.32. The fourth-order valence-corrected chi connectivity index (χ4v) is 5.45.